The third kappa shape index (κ3) is 4.62. The van der Waals surface area contributed by atoms with Gasteiger partial charge in [-0.3, -0.25) is 4.79 Å². The Morgan fingerprint density at radius 3 is 3.00 bits per heavy atom. The SMILES string of the molecule is CCOCCN(C)C(=O)CC1CCNC1. The highest BCUT2D eigenvalue weighted by Gasteiger charge is 2.19. The summed E-state index contributed by atoms with van der Waals surface area (Å²) in [5, 5.41) is 3.27. The summed E-state index contributed by atoms with van der Waals surface area (Å²) in [5.41, 5.74) is 0. The van der Waals surface area contributed by atoms with Crippen LogP contribution in [0.4, 0.5) is 0 Å². The molecule has 1 unspecified atom stereocenters. The molecule has 0 aromatic heterocycles. The van der Waals surface area contributed by atoms with Crippen molar-refractivity contribution < 1.29 is 9.53 Å². The lowest BCUT2D eigenvalue weighted by molar-refractivity contribution is -0.131. The first-order valence-corrected chi connectivity index (χ1v) is 5.76. The summed E-state index contributed by atoms with van der Waals surface area (Å²) in [4.78, 5) is 13.5. The standard InChI is InChI=1S/C11H22N2O2/c1-3-15-7-6-13(2)11(14)8-10-4-5-12-9-10/h10,12H,3-9H2,1-2H3. The largest absolute Gasteiger partial charge is 0.380 e. The number of likely N-dealkylation sites (N-methyl/N-ethyl adjacent to an activating group) is 1. The van der Waals surface area contributed by atoms with E-state index in [-0.39, 0.29) is 5.91 Å². The predicted molar refractivity (Wildman–Crippen MR) is 59.7 cm³/mol. The summed E-state index contributed by atoms with van der Waals surface area (Å²) in [6.07, 6.45) is 1.81. The second kappa shape index (κ2) is 6.80. The zero-order valence-corrected chi connectivity index (χ0v) is 9.79. The topological polar surface area (TPSA) is 41.6 Å². The van der Waals surface area contributed by atoms with E-state index in [0.29, 0.717) is 32.1 Å². The normalized spacial score (nSPS) is 20.5. The predicted octanol–water partition coefficient (Wildman–Crippen LogP) is 0.481. The highest BCUT2D eigenvalue weighted by atomic mass is 16.5. The molecule has 1 saturated heterocycles. The fourth-order valence-corrected chi connectivity index (χ4v) is 1.76. The van der Waals surface area contributed by atoms with Crippen molar-refractivity contribution in [1.82, 2.24) is 10.2 Å². The van der Waals surface area contributed by atoms with Crippen molar-refractivity contribution >= 4 is 5.91 Å². The molecule has 0 aromatic carbocycles. The Labute approximate surface area is 92.0 Å². The van der Waals surface area contributed by atoms with Crippen LogP contribution in [-0.4, -0.2) is 50.7 Å². The van der Waals surface area contributed by atoms with Crippen LogP contribution in [0.3, 0.4) is 0 Å². The minimum absolute atomic E-state index is 0.239. The first-order valence-electron chi connectivity index (χ1n) is 5.76. The number of carbonyl (C=O) groups is 1. The molecule has 0 spiro atoms. The molecule has 1 aliphatic rings. The number of rotatable bonds is 6. The highest BCUT2D eigenvalue weighted by Crippen LogP contribution is 2.13. The molecular formula is C11H22N2O2. The van der Waals surface area contributed by atoms with Gasteiger partial charge in [0.05, 0.1) is 6.61 Å². The maximum atomic E-state index is 11.7. The van der Waals surface area contributed by atoms with Gasteiger partial charge in [-0.1, -0.05) is 0 Å². The molecule has 0 aromatic rings. The Balaban J connectivity index is 2.14. The Hall–Kier alpha value is -0.610. The minimum atomic E-state index is 0.239. The van der Waals surface area contributed by atoms with Gasteiger partial charge in [0.25, 0.3) is 0 Å². The third-order valence-corrected chi connectivity index (χ3v) is 2.83. The molecular weight excluding hydrogens is 192 g/mol. The van der Waals surface area contributed by atoms with Gasteiger partial charge in [-0.2, -0.15) is 0 Å². The summed E-state index contributed by atoms with van der Waals surface area (Å²) in [7, 11) is 1.85. The molecule has 4 heteroatoms. The van der Waals surface area contributed by atoms with Gasteiger partial charge in [-0.05, 0) is 32.4 Å². The quantitative estimate of drug-likeness (QED) is 0.654. The lowest BCUT2D eigenvalue weighted by Crippen LogP contribution is -2.31. The number of carbonyl (C=O) groups excluding carboxylic acids is 1. The van der Waals surface area contributed by atoms with Crippen LogP contribution in [0.2, 0.25) is 0 Å². The van der Waals surface area contributed by atoms with Gasteiger partial charge in [-0.15, -0.1) is 0 Å². The van der Waals surface area contributed by atoms with Crippen molar-refractivity contribution in [2.24, 2.45) is 5.92 Å². The fraction of sp³-hybridized carbons (Fsp3) is 0.909. The summed E-state index contributed by atoms with van der Waals surface area (Å²) in [6.45, 7) is 6.07. The van der Waals surface area contributed by atoms with Crippen molar-refractivity contribution in [2.45, 2.75) is 19.8 Å². The molecule has 0 aliphatic carbocycles. The van der Waals surface area contributed by atoms with Gasteiger partial charge in [-0.25, -0.2) is 0 Å². The molecule has 15 heavy (non-hydrogen) atoms. The van der Waals surface area contributed by atoms with E-state index >= 15 is 0 Å². The van der Waals surface area contributed by atoms with Crippen molar-refractivity contribution in [3.05, 3.63) is 0 Å². The number of nitrogens with zero attached hydrogens (tertiary/aromatic N) is 1. The zero-order chi connectivity index (χ0) is 11.1. The molecule has 0 saturated carbocycles. The minimum Gasteiger partial charge on any atom is -0.380 e. The van der Waals surface area contributed by atoms with E-state index in [1.807, 2.05) is 14.0 Å². The summed E-state index contributed by atoms with van der Waals surface area (Å²) >= 11 is 0. The Morgan fingerprint density at radius 1 is 1.60 bits per heavy atom. The second-order valence-electron chi connectivity index (χ2n) is 4.08. The molecule has 88 valence electrons. The van der Waals surface area contributed by atoms with E-state index in [4.69, 9.17) is 4.74 Å². The zero-order valence-electron chi connectivity index (χ0n) is 9.79. The van der Waals surface area contributed by atoms with E-state index < -0.39 is 0 Å². The van der Waals surface area contributed by atoms with E-state index in [1.54, 1.807) is 4.90 Å². The van der Waals surface area contributed by atoms with Gasteiger partial charge < -0.3 is 15.0 Å². The molecule has 1 rings (SSSR count). The second-order valence-corrected chi connectivity index (χ2v) is 4.08. The average molecular weight is 214 g/mol. The number of hydrogen-bond acceptors (Lipinski definition) is 3. The van der Waals surface area contributed by atoms with E-state index in [1.165, 1.54) is 0 Å². The van der Waals surface area contributed by atoms with Crippen LogP contribution in [-0.2, 0) is 9.53 Å². The molecule has 1 fully saturated rings. The van der Waals surface area contributed by atoms with Crippen LogP contribution in [0.15, 0.2) is 0 Å². The maximum absolute atomic E-state index is 11.7. The third-order valence-electron chi connectivity index (χ3n) is 2.83. The molecule has 0 bridgehead atoms. The van der Waals surface area contributed by atoms with Gasteiger partial charge in [0.1, 0.15) is 0 Å². The molecule has 1 N–H and O–H groups in total. The number of nitrogens with one attached hydrogen (secondary N) is 1. The first-order chi connectivity index (χ1) is 7.24. The molecule has 4 nitrogen and oxygen atoms in total. The van der Waals surface area contributed by atoms with Crippen molar-refractivity contribution in [2.75, 3.05) is 39.9 Å². The van der Waals surface area contributed by atoms with Crippen molar-refractivity contribution in [1.29, 1.82) is 0 Å². The van der Waals surface area contributed by atoms with Crippen LogP contribution in [0, 0.1) is 5.92 Å². The Bertz CT molecular complexity index is 191. The van der Waals surface area contributed by atoms with Crippen LogP contribution < -0.4 is 5.32 Å². The number of amides is 1. The smallest absolute Gasteiger partial charge is 0.222 e. The lowest BCUT2D eigenvalue weighted by atomic mass is 10.0. The van der Waals surface area contributed by atoms with Crippen molar-refractivity contribution in [3.8, 4) is 0 Å². The van der Waals surface area contributed by atoms with E-state index in [2.05, 4.69) is 5.32 Å². The van der Waals surface area contributed by atoms with Crippen LogP contribution in [0.25, 0.3) is 0 Å². The van der Waals surface area contributed by atoms with Crippen molar-refractivity contribution in [3.63, 3.8) is 0 Å². The Morgan fingerprint density at radius 2 is 2.40 bits per heavy atom. The fourth-order valence-electron chi connectivity index (χ4n) is 1.76. The average Bonchev–Trinajstić information content (AvgIpc) is 2.70. The van der Waals surface area contributed by atoms with Crippen LogP contribution in [0.1, 0.15) is 19.8 Å². The van der Waals surface area contributed by atoms with Gasteiger partial charge in [0.15, 0.2) is 0 Å². The lowest BCUT2D eigenvalue weighted by Gasteiger charge is -2.18. The number of hydrogen-bond donors (Lipinski definition) is 1. The molecule has 0 radical (unpaired) electrons. The molecule has 1 heterocycles. The van der Waals surface area contributed by atoms with E-state index in [9.17, 15) is 4.79 Å². The highest BCUT2D eigenvalue weighted by molar-refractivity contribution is 5.76. The summed E-state index contributed by atoms with van der Waals surface area (Å²) < 4.78 is 5.22. The van der Waals surface area contributed by atoms with Crippen LogP contribution >= 0.6 is 0 Å². The Kier molecular flexibility index (Phi) is 5.65. The first kappa shape index (κ1) is 12.5. The number of ether oxygens (including phenoxy) is 1. The molecule has 1 atom stereocenters. The van der Waals surface area contributed by atoms with Gasteiger partial charge in [0, 0.05) is 26.6 Å². The summed E-state index contributed by atoms with van der Waals surface area (Å²) in [6, 6.07) is 0. The molecule has 1 amide bonds. The van der Waals surface area contributed by atoms with E-state index in [0.717, 1.165) is 19.5 Å². The maximum Gasteiger partial charge on any atom is 0.222 e. The van der Waals surface area contributed by atoms with Gasteiger partial charge >= 0.3 is 0 Å². The molecule has 1 aliphatic heterocycles. The van der Waals surface area contributed by atoms with Gasteiger partial charge in [0.2, 0.25) is 5.91 Å². The monoisotopic (exact) mass is 214 g/mol. The summed E-state index contributed by atoms with van der Waals surface area (Å²) in [5.74, 6) is 0.774. The van der Waals surface area contributed by atoms with Crippen LogP contribution in [0.5, 0.6) is 0 Å².